The SMILES string of the molecule is O=C(CN1C[C@@H]2C[C@](O)(Cc3ccc(C(F)(F)F)cc3)C[C@@H]2C1)c1ccc(O)cn1. The van der Waals surface area contributed by atoms with Crippen molar-refractivity contribution in [3.05, 3.63) is 59.4 Å². The third-order valence-electron chi connectivity index (χ3n) is 6.15. The Balaban J connectivity index is 1.32. The Bertz CT molecular complexity index is 899. The highest BCUT2D eigenvalue weighted by atomic mass is 19.4. The summed E-state index contributed by atoms with van der Waals surface area (Å²) in [5.74, 6) is 0.402. The molecule has 2 aliphatic rings. The minimum absolute atomic E-state index is 0.00888. The van der Waals surface area contributed by atoms with Crippen molar-refractivity contribution in [1.82, 2.24) is 9.88 Å². The van der Waals surface area contributed by atoms with Crippen molar-refractivity contribution < 1.29 is 28.2 Å². The average molecular weight is 420 g/mol. The van der Waals surface area contributed by atoms with Crippen molar-refractivity contribution in [2.75, 3.05) is 19.6 Å². The summed E-state index contributed by atoms with van der Waals surface area (Å²) < 4.78 is 38.1. The molecule has 1 aliphatic carbocycles. The van der Waals surface area contributed by atoms with E-state index in [4.69, 9.17) is 0 Å². The van der Waals surface area contributed by atoms with Gasteiger partial charge in [-0.25, -0.2) is 4.98 Å². The van der Waals surface area contributed by atoms with Crippen molar-refractivity contribution in [3.63, 3.8) is 0 Å². The second-order valence-corrected chi connectivity index (χ2v) is 8.54. The number of fused-ring (bicyclic) bond motifs is 1. The number of nitrogens with zero attached hydrogens (tertiary/aromatic N) is 2. The van der Waals surface area contributed by atoms with Gasteiger partial charge in [0, 0.05) is 19.5 Å². The quantitative estimate of drug-likeness (QED) is 0.727. The van der Waals surface area contributed by atoms with Crippen molar-refractivity contribution >= 4 is 5.78 Å². The molecule has 1 aromatic heterocycles. The van der Waals surface area contributed by atoms with Gasteiger partial charge in [-0.1, -0.05) is 12.1 Å². The van der Waals surface area contributed by atoms with E-state index in [1.54, 1.807) is 0 Å². The highest BCUT2D eigenvalue weighted by molar-refractivity contribution is 5.95. The minimum atomic E-state index is -4.36. The average Bonchev–Trinajstić information content (AvgIpc) is 3.15. The Morgan fingerprint density at radius 2 is 1.73 bits per heavy atom. The van der Waals surface area contributed by atoms with Crippen LogP contribution in [0.15, 0.2) is 42.6 Å². The summed E-state index contributed by atoms with van der Waals surface area (Å²) in [5.41, 5.74) is -0.617. The second kappa shape index (κ2) is 7.67. The van der Waals surface area contributed by atoms with Crippen LogP contribution in [0.1, 0.15) is 34.5 Å². The fraction of sp³-hybridized carbons (Fsp3) is 0.455. The van der Waals surface area contributed by atoms with Crippen LogP contribution in [-0.4, -0.2) is 51.1 Å². The summed E-state index contributed by atoms with van der Waals surface area (Å²) in [6.45, 7) is 1.63. The van der Waals surface area contributed by atoms with Gasteiger partial charge in [-0.3, -0.25) is 9.69 Å². The van der Waals surface area contributed by atoms with E-state index in [1.807, 2.05) is 0 Å². The van der Waals surface area contributed by atoms with Crippen molar-refractivity contribution in [2.45, 2.75) is 31.0 Å². The summed E-state index contributed by atoms with van der Waals surface area (Å²) in [6.07, 6.45) is -1.65. The van der Waals surface area contributed by atoms with Crippen molar-refractivity contribution in [2.24, 2.45) is 11.8 Å². The summed E-state index contributed by atoms with van der Waals surface area (Å²) >= 11 is 0. The number of ketones is 1. The number of alkyl halides is 3. The lowest BCUT2D eigenvalue weighted by atomic mass is 9.91. The molecule has 2 N–H and O–H groups in total. The van der Waals surface area contributed by atoms with Gasteiger partial charge in [0.05, 0.1) is 23.9 Å². The van der Waals surface area contributed by atoms with Crippen LogP contribution in [0.2, 0.25) is 0 Å². The van der Waals surface area contributed by atoms with Gasteiger partial charge in [-0.15, -0.1) is 0 Å². The molecule has 0 unspecified atom stereocenters. The Morgan fingerprint density at radius 3 is 2.27 bits per heavy atom. The molecule has 0 radical (unpaired) electrons. The first-order valence-electron chi connectivity index (χ1n) is 9.90. The molecule has 0 bridgehead atoms. The van der Waals surface area contributed by atoms with E-state index >= 15 is 0 Å². The second-order valence-electron chi connectivity index (χ2n) is 8.54. The van der Waals surface area contributed by atoms with Gasteiger partial charge in [-0.05, 0) is 54.5 Å². The molecule has 2 aromatic rings. The van der Waals surface area contributed by atoms with E-state index in [1.165, 1.54) is 30.5 Å². The van der Waals surface area contributed by atoms with Crippen molar-refractivity contribution in [1.29, 1.82) is 0 Å². The predicted molar refractivity (Wildman–Crippen MR) is 103 cm³/mol. The fourth-order valence-corrected chi connectivity index (χ4v) is 4.86. The zero-order chi connectivity index (χ0) is 21.5. The van der Waals surface area contributed by atoms with Gasteiger partial charge < -0.3 is 10.2 Å². The fourth-order valence-electron chi connectivity index (χ4n) is 4.86. The number of Topliss-reactive ketones (excluding diaryl/α,β-unsaturated/α-hetero) is 1. The van der Waals surface area contributed by atoms with Crippen LogP contribution >= 0.6 is 0 Å². The number of aromatic nitrogens is 1. The van der Waals surface area contributed by atoms with Crippen molar-refractivity contribution in [3.8, 4) is 5.75 Å². The first-order chi connectivity index (χ1) is 14.1. The van der Waals surface area contributed by atoms with E-state index in [0.717, 1.165) is 12.1 Å². The number of rotatable bonds is 5. The monoisotopic (exact) mass is 420 g/mol. The molecule has 0 amide bonds. The minimum Gasteiger partial charge on any atom is -0.506 e. The van der Waals surface area contributed by atoms with Crippen LogP contribution in [0.4, 0.5) is 13.2 Å². The zero-order valence-corrected chi connectivity index (χ0v) is 16.3. The number of hydrogen-bond donors (Lipinski definition) is 2. The van der Waals surface area contributed by atoms with Crippen LogP contribution < -0.4 is 0 Å². The number of aromatic hydroxyl groups is 1. The molecule has 0 spiro atoms. The van der Waals surface area contributed by atoms with E-state index < -0.39 is 17.3 Å². The Hall–Kier alpha value is -2.45. The highest BCUT2D eigenvalue weighted by Crippen LogP contribution is 2.45. The third-order valence-corrected chi connectivity index (χ3v) is 6.15. The number of benzene rings is 1. The number of carbonyl (C=O) groups is 1. The number of hydrogen-bond acceptors (Lipinski definition) is 5. The summed E-state index contributed by atoms with van der Waals surface area (Å²) in [7, 11) is 0. The van der Waals surface area contributed by atoms with Crippen LogP contribution in [0, 0.1) is 11.8 Å². The first-order valence-corrected chi connectivity index (χ1v) is 9.90. The molecular formula is C22H23F3N2O3. The van der Waals surface area contributed by atoms with Gasteiger partial charge in [0.2, 0.25) is 0 Å². The molecular weight excluding hydrogens is 397 g/mol. The molecule has 2 fully saturated rings. The smallest absolute Gasteiger partial charge is 0.416 e. The normalized spacial score (nSPS) is 26.7. The molecule has 1 saturated carbocycles. The molecule has 4 rings (SSSR count). The molecule has 1 saturated heterocycles. The summed E-state index contributed by atoms with van der Waals surface area (Å²) in [5, 5.41) is 20.3. The summed E-state index contributed by atoms with van der Waals surface area (Å²) in [4.78, 5) is 18.4. The van der Waals surface area contributed by atoms with Gasteiger partial charge in [0.25, 0.3) is 0 Å². The molecule has 30 heavy (non-hydrogen) atoms. The van der Waals surface area contributed by atoms with Gasteiger partial charge >= 0.3 is 6.18 Å². The lowest BCUT2D eigenvalue weighted by Crippen LogP contribution is -2.34. The maximum atomic E-state index is 12.7. The predicted octanol–water partition coefficient (Wildman–Crippen LogP) is 3.30. The molecule has 1 aromatic carbocycles. The lowest BCUT2D eigenvalue weighted by molar-refractivity contribution is -0.137. The number of pyridine rings is 1. The van der Waals surface area contributed by atoms with Gasteiger partial charge in [0.1, 0.15) is 11.4 Å². The van der Waals surface area contributed by atoms with Crippen LogP contribution in [-0.2, 0) is 12.6 Å². The topological polar surface area (TPSA) is 73.7 Å². The maximum Gasteiger partial charge on any atom is 0.416 e. The van der Waals surface area contributed by atoms with Gasteiger partial charge in [0.15, 0.2) is 5.78 Å². The zero-order valence-electron chi connectivity index (χ0n) is 16.3. The van der Waals surface area contributed by atoms with E-state index in [-0.39, 0.29) is 29.9 Å². The lowest BCUT2D eigenvalue weighted by Gasteiger charge is -2.26. The maximum absolute atomic E-state index is 12.7. The Morgan fingerprint density at radius 1 is 1.10 bits per heavy atom. The third kappa shape index (κ3) is 4.49. The number of halogens is 3. The largest absolute Gasteiger partial charge is 0.506 e. The number of carbonyl (C=O) groups excluding carboxylic acids is 1. The van der Waals surface area contributed by atoms with Gasteiger partial charge in [-0.2, -0.15) is 13.2 Å². The standard InChI is InChI=1S/C22H23F3N2O3/c23-22(24,25)17-3-1-14(2-4-17)7-21(30)8-15-11-27(12-16(15)9-21)13-20(29)19-6-5-18(28)10-26-19/h1-6,10,15-16,28,30H,7-9,11-13H2/t15-,16+,21+. The highest BCUT2D eigenvalue weighted by Gasteiger charge is 2.48. The molecule has 2 heterocycles. The van der Waals surface area contributed by atoms with E-state index in [0.29, 0.717) is 43.6 Å². The van der Waals surface area contributed by atoms with Crippen LogP contribution in [0.3, 0.4) is 0 Å². The van der Waals surface area contributed by atoms with Crippen LogP contribution in [0.25, 0.3) is 0 Å². The molecule has 8 heteroatoms. The number of likely N-dealkylation sites (tertiary alicyclic amines) is 1. The molecule has 3 atom stereocenters. The molecule has 1 aliphatic heterocycles. The first kappa shape index (κ1) is 20.8. The Labute approximate surface area is 172 Å². The van der Waals surface area contributed by atoms with Crippen LogP contribution in [0.5, 0.6) is 5.75 Å². The van der Waals surface area contributed by atoms with E-state index in [2.05, 4.69) is 9.88 Å². The molecule has 160 valence electrons. The molecule has 5 nitrogen and oxygen atoms in total. The van der Waals surface area contributed by atoms with E-state index in [9.17, 15) is 28.2 Å². The summed E-state index contributed by atoms with van der Waals surface area (Å²) in [6, 6.07) is 7.91. The Kier molecular flexibility index (Phi) is 5.32. The number of aliphatic hydroxyl groups is 1.